The molecule has 1 amide bonds. The summed E-state index contributed by atoms with van der Waals surface area (Å²) in [4.78, 5) is 18.5. The SMILES string of the molecule is CN(C=O)CCN(C)Cc1nc(C(C)(C)C)no1. The van der Waals surface area contributed by atoms with Gasteiger partial charge in [0.25, 0.3) is 0 Å². The van der Waals surface area contributed by atoms with Crippen molar-refractivity contribution < 1.29 is 9.32 Å². The maximum atomic E-state index is 10.5. The summed E-state index contributed by atoms with van der Waals surface area (Å²) in [6.45, 7) is 8.18. The van der Waals surface area contributed by atoms with Crippen molar-refractivity contribution in [2.45, 2.75) is 32.7 Å². The normalized spacial score (nSPS) is 11.9. The molecule has 0 aromatic carbocycles. The van der Waals surface area contributed by atoms with E-state index in [1.807, 2.05) is 32.7 Å². The minimum atomic E-state index is -0.0991. The van der Waals surface area contributed by atoms with E-state index in [-0.39, 0.29) is 5.41 Å². The Kier molecular flexibility index (Phi) is 4.84. The summed E-state index contributed by atoms with van der Waals surface area (Å²) in [5, 5.41) is 3.97. The van der Waals surface area contributed by atoms with Crippen LogP contribution in [-0.4, -0.2) is 53.5 Å². The molecule has 0 atom stereocenters. The third-order valence-corrected chi connectivity index (χ3v) is 2.56. The lowest BCUT2D eigenvalue weighted by molar-refractivity contribution is -0.117. The Morgan fingerprint density at radius 2 is 1.94 bits per heavy atom. The molecule has 0 N–H and O–H groups in total. The molecule has 0 spiro atoms. The van der Waals surface area contributed by atoms with Crippen molar-refractivity contribution >= 4 is 6.41 Å². The Morgan fingerprint density at radius 1 is 1.28 bits per heavy atom. The van der Waals surface area contributed by atoms with Crippen LogP contribution in [0.3, 0.4) is 0 Å². The molecule has 0 saturated carbocycles. The second-order valence-corrected chi connectivity index (χ2v) is 5.59. The Hall–Kier alpha value is -1.43. The molecule has 18 heavy (non-hydrogen) atoms. The van der Waals surface area contributed by atoms with Gasteiger partial charge in [-0.25, -0.2) is 0 Å². The van der Waals surface area contributed by atoms with Gasteiger partial charge in [-0.05, 0) is 7.05 Å². The first-order valence-electron chi connectivity index (χ1n) is 6.00. The molecule has 102 valence electrons. The van der Waals surface area contributed by atoms with E-state index in [1.165, 1.54) is 0 Å². The van der Waals surface area contributed by atoms with Gasteiger partial charge in [-0.3, -0.25) is 9.69 Å². The van der Waals surface area contributed by atoms with Crippen LogP contribution in [0.1, 0.15) is 32.5 Å². The van der Waals surface area contributed by atoms with Crippen molar-refractivity contribution in [3.63, 3.8) is 0 Å². The van der Waals surface area contributed by atoms with Gasteiger partial charge in [0.2, 0.25) is 12.3 Å². The number of aromatic nitrogens is 2. The van der Waals surface area contributed by atoms with Crippen molar-refractivity contribution in [3.8, 4) is 0 Å². The Bertz CT molecular complexity index is 384. The van der Waals surface area contributed by atoms with E-state index in [4.69, 9.17) is 4.52 Å². The lowest BCUT2D eigenvalue weighted by Crippen LogP contribution is -2.29. The second kappa shape index (κ2) is 5.95. The van der Waals surface area contributed by atoms with Gasteiger partial charge in [0, 0.05) is 25.6 Å². The lowest BCUT2D eigenvalue weighted by Gasteiger charge is -2.17. The summed E-state index contributed by atoms with van der Waals surface area (Å²) in [6.07, 6.45) is 0.818. The fourth-order valence-corrected chi connectivity index (χ4v) is 1.31. The van der Waals surface area contributed by atoms with Crippen molar-refractivity contribution in [2.75, 3.05) is 27.2 Å². The predicted molar refractivity (Wildman–Crippen MR) is 68.0 cm³/mol. The van der Waals surface area contributed by atoms with Gasteiger partial charge < -0.3 is 9.42 Å². The minimum Gasteiger partial charge on any atom is -0.347 e. The number of nitrogens with zero attached hydrogens (tertiary/aromatic N) is 4. The molecule has 6 heteroatoms. The monoisotopic (exact) mass is 254 g/mol. The van der Waals surface area contributed by atoms with E-state index < -0.39 is 0 Å². The molecular weight excluding hydrogens is 232 g/mol. The molecule has 1 rings (SSSR count). The molecule has 0 unspecified atom stereocenters. The molecule has 6 nitrogen and oxygen atoms in total. The van der Waals surface area contributed by atoms with Crippen molar-refractivity contribution in [1.29, 1.82) is 0 Å². The fourth-order valence-electron chi connectivity index (χ4n) is 1.31. The predicted octanol–water partition coefficient (Wildman–Crippen LogP) is 0.887. The highest BCUT2D eigenvalue weighted by atomic mass is 16.5. The molecule has 0 aliphatic heterocycles. The Morgan fingerprint density at radius 3 is 2.44 bits per heavy atom. The van der Waals surface area contributed by atoms with E-state index in [9.17, 15) is 4.79 Å². The molecule has 1 heterocycles. The summed E-state index contributed by atoms with van der Waals surface area (Å²) in [5.74, 6) is 1.33. The van der Waals surface area contributed by atoms with Crippen LogP contribution in [0.2, 0.25) is 0 Å². The zero-order valence-electron chi connectivity index (χ0n) is 11.8. The van der Waals surface area contributed by atoms with Crippen LogP contribution in [0.15, 0.2) is 4.52 Å². The van der Waals surface area contributed by atoms with E-state index >= 15 is 0 Å². The molecule has 1 aromatic rings. The van der Waals surface area contributed by atoms with Gasteiger partial charge >= 0.3 is 0 Å². The highest BCUT2D eigenvalue weighted by molar-refractivity contribution is 5.46. The second-order valence-electron chi connectivity index (χ2n) is 5.59. The zero-order chi connectivity index (χ0) is 13.8. The van der Waals surface area contributed by atoms with Gasteiger partial charge in [0.1, 0.15) is 0 Å². The van der Waals surface area contributed by atoms with Gasteiger partial charge in [0.15, 0.2) is 5.82 Å². The number of carbonyl (C=O) groups is 1. The largest absolute Gasteiger partial charge is 0.347 e. The third-order valence-electron chi connectivity index (χ3n) is 2.56. The number of rotatable bonds is 6. The van der Waals surface area contributed by atoms with Gasteiger partial charge in [0.05, 0.1) is 6.54 Å². The number of carbonyl (C=O) groups excluding carboxylic acids is 1. The van der Waals surface area contributed by atoms with Crippen LogP contribution in [0, 0.1) is 0 Å². The molecule has 0 aliphatic carbocycles. The van der Waals surface area contributed by atoms with Crippen LogP contribution in [0.4, 0.5) is 0 Å². The van der Waals surface area contributed by atoms with Gasteiger partial charge in [-0.1, -0.05) is 25.9 Å². The van der Waals surface area contributed by atoms with Crippen LogP contribution in [0.5, 0.6) is 0 Å². The van der Waals surface area contributed by atoms with E-state index in [0.717, 1.165) is 18.8 Å². The molecule has 0 fully saturated rings. The molecule has 0 aliphatic rings. The summed E-state index contributed by atoms with van der Waals surface area (Å²) < 4.78 is 5.21. The topological polar surface area (TPSA) is 62.5 Å². The average molecular weight is 254 g/mol. The maximum absolute atomic E-state index is 10.5. The summed E-state index contributed by atoms with van der Waals surface area (Å²) in [5.41, 5.74) is -0.0991. The molecule has 0 radical (unpaired) electrons. The average Bonchev–Trinajstić information content (AvgIpc) is 2.74. The minimum absolute atomic E-state index is 0.0991. The van der Waals surface area contributed by atoms with E-state index in [1.54, 1.807) is 11.9 Å². The summed E-state index contributed by atoms with van der Waals surface area (Å²) in [7, 11) is 3.71. The van der Waals surface area contributed by atoms with Crippen LogP contribution in [0.25, 0.3) is 0 Å². The third kappa shape index (κ3) is 4.44. The molecule has 0 bridgehead atoms. The fraction of sp³-hybridized carbons (Fsp3) is 0.750. The van der Waals surface area contributed by atoms with Crippen LogP contribution in [-0.2, 0) is 16.8 Å². The lowest BCUT2D eigenvalue weighted by atomic mass is 9.96. The first-order chi connectivity index (χ1) is 8.32. The number of amides is 1. The number of hydrogen-bond acceptors (Lipinski definition) is 5. The first kappa shape index (κ1) is 14.6. The Labute approximate surface area is 108 Å². The molecule has 1 aromatic heterocycles. The van der Waals surface area contributed by atoms with E-state index in [0.29, 0.717) is 19.0 Å². The van der Waals surface area contributed by atoms with E-state index in [2.05, 4.69) is 10.1 Å². The molecule has 0 saturated heterocycles. The quantitative estimate of drug-likeness (QED) is 0.705. The Balaban J connectivity index is 2.47. The van der Waals surface area contributed by atoms with Gasteiger partial charge in [-0.15, -0.1) is 0 Å². The summed E-state index contributed by atoms with van der Waals surface area (Å²) >= 11 is 0. The van der Waals surface area contributed by atoms with Crippen LogP contribution < -0.4 is 0 Å². The van der Waals surface area contributed by atoms with Crippen LogP contribution >= 0.6 is 0 Å². The first-order valence-corrected chi connectivity index (χ1v) is 6.00. The maximum Gasteiger partial charge on any atom is 0.240 e. The number of likely N-dealkylation sites (N-methyl/N-ethyl adjacent to an activating group) is 2. The smallest absolute Gasteiger partial charge is 0.240 e. The number of hydrogen-bond donors (Lipinski definition) is 0. The standard InChI is InChI=1S/C12H22N4O2/c1-12(2,3)11-13-10(18-14-11)8-15(4)6-7-16(5)9-17/h9H,6-8H2,1-5H3. The van der Waals surface area contributed by atoms with Crippen molar-refractivity contribution in [1.82, 2.24) is 19.9 Å². The zero-order valence-corrected chi connectivity index (χ0v) is 11.8. The van der Waals surface area contributed by atoms with Crippen molar-refractivity contribution in [3.05, 3.63) is 11.7 Å². The highest BCUT2D eigenvalue weighted by Crippen LogP contribution is 2.18. The van der Waals surface area contributed by atoms with Crippen molar-refractivity contribution in [2.24, 2.45) is 0 Å². The van der Waals surface area contributed by atoms with Gasteiger partial charge in [-0.2, -0.15) is 4.98 Å². The highest BCUT2D eigenvalue weighted by Gasteiger charge is 2.21. The summed E-state index contributed by atoms with van der Waals surface area (Å²) in [6, 6.07) is 0. The molecular formula is C12H22N4O2.